The fraction of sp³-hybridized carbons (Fsp3) is 0.429. The lowest BCUT2D eigenvalue weighted by molar-refractivity contribution is -0.146. The number of carboxylic acid groups (broad SMARTS) is 1. The maximum Gasteiger partial charge on any atom is 0.309 e. The zero-order chi connectivity index (χ0) is 13.2. The van der Waals surface area contributed by atoms with Gasteiger partial charge in [0.15, 0.2) is 0 Å². The zero-order valence-electron chi connectivity index (χ0n) is 10.7. The molecule has 3 nitrogen and oxygen atoms in total. The molecule has 1 aromatic carbocycles. The predicted octanol–water partition coefficient (Wildman–Crippen LogP) is 2.83. The summed E-state index contributed by atoms with van der Waals surface area (Å²) in [6, 6.07) is 5.87. The monoisotopic (exact) mass is 231 g/mol. The largest absolute Gasteiger partial charge is 0.481 e. The Morgan fingerprint density at radius 2 is 1.94 bits per heavy atom. The van der Waals surface area contributed by atoms with Crippen molar-refractivity contribution in [3.8, 4) is 6.07 Å². The first-order valence-electron chi connectivity index (χ1n) is 5.51. The Morgan fingerprint density at radius 3 is 2.41 bits per heavy atom. The van der Waals surface area contributed by atoms with E-state index in [4.69, 9.17) is 10.4 Å². The molecule has 0 heterocycles. The van der Waals surface area contributed by atoms with Gasteiger partial charge in [0.2, 0.25) is 0 Å². The molecule has 0 bridgehead atoms. The summed E-state index contributed by atoms with van der Waals surface area (Å²) in [5.41, 5.74) is 2.70. The van der Waals surface area contributed by atoms with Crippen molar-refractivity contribution in [1.29, 1.82) is 5.26 Å². The van der Waals surface area contributed by atoms with Crippen LogP contribution in [-0.2, 0) is 11.2 Å². The highest BCUT2D eigenvalue weighted by atomic mass is 16.4. The summed E-state index contributed by atoms with van der Waals surface area (Å²) in [6.45, 7) is 7.22. The number of aryl methyl sites for hydroxylation is 2. The first-order chi connectivity index (χ1) is 7.77. The Labute approximate surface area is 102 Å². The van der Waals surface area contributed by atoms with Crippen molar-refractivity contribution in [3.05, 3.63) is 34.4 Å². The van der Waals surface area contributed by atoms with E-state index in [1.807, 2.05) is 19.9 Å². The van der Waals surface area contributed by atoms with Crippen LogP contribution in [0.1, 0.15) is 36.1 Å². The van der Waals surface area contributed by atoms with Gasteiger partial charge in [0, 0.05) is 0 Å². The third kappa shape index (κ3) is 2.85. The standard InChI is InChI=1S/C14H17NO2/c1-9-5-10(2)12(8-15)6-11(9)7-14(3,4)13(16)17/h5-6H,7H2,1-4H3,(H,16,17). The van der Waals surface area contributed by atoms with E-state index in [0.717, 1.165) is 16.7 Å². The van der Waals surface area contributed by atoms with E-state index in [-0.39, 0.29) is 0 Å². The lowest BCUT2D eigenvalue weighted by Crippen LogP contribution is -2.26. The molecule has 1 rings (SSSR count). The number of nitriles is 1. The van der Waals surface area contributed by atoms with Gasteiger partial charge in [-0.15, -0.1) is 0 Å². The summed E-state index contributed by atoms with van der Waals surface area (Å²) < 4.78 is 0. The van der Waals surface area contributed by atoms with Gasteiger partial charge < -0.3 is 5.11 Å². The fourth-order valence-corrected chi connectivity index (χ4v) is 1.76. The first kappa shape index (κ1) is 13.2. The summed E-state index contributed by atoms with van der Waals surface area (Å²) in [7, 11) is 0. The number of carboxylic acids is 1. The second kappa shape index (κ2) is 4.58. The van der Waals surface area contributed by atoms with E-state index in [2.05, 4.69) is 6.07 Å². The van der Waals surface area contributed by atoms with E-state index in [9.17, 15) is 4.79 Å². The molecule has 0 aromatic heterocycles. The number of benzene rings is 1. The molecular weight excluding hydrogens is 214 g/mol. The maximum absolute atomic E-state index is 11.1. The summed E-state index contributed by atoms with van der Waals surface area (Å²) in [5.74, 6) is -0.823. The van der Waals surface area contributed by atoms with Gasteiger partial charge in [0.25, 0.3) is 0 Å². The third-order valence-electron chi connectivity index (χ3n) is 3.01. The molecule has 0 atom stereocenters. The van der Waals surface area contributed by atoms with Crippen LogP contribution in [0.3, 0.4) is 0 Å². The Hall–Kier alpha value is -1.82. The molecule has 0 radical (unpaired) electrons. The van der Waals surface area contributed by atoms with E-state index < -0.39 is 11.4 Å². The molecule has 0 aliphatic carbocycles. The fourth-order valence-electron chi connectivity index (χ4n) is 1.76. The molecule has 17 heavy (non-hydrogen) atoms. The normalized spacial score (nSPS) is 11.0. The minimum atomic E-state index is -0.823. The molecule has 3 heteroatoms. The van der Waals surface area contributed by atoms with Crippen molar-refractivity contribution in [2.24, 2.45) is 5.41 Å². The van der Waals surface area contributed by atoms with Crippen LogP contribution in [0.4, 0.5) is 0 Å². The van der Waals surface area contributed by atoms with Crippen LogP contribution >= 0.6 is 0 Å². The number of rotatable bonds is 3. The highest BCUT2D eigenvalue weighted by Crippen LogP contribution is 2.25. The van der Waals surface area contributed by atoms with Crippen LogP contribution in [-0.4, -0.2) is 11.1 Å². The van der Waals surface area contributed by atoms with Crippen LogP contribution in [0, 0.1) is 30.6 Å². The summed E-state index contributed by atoms with van der Waals surface area (Å²) in [6.07, 6.45) is 0.434. The molecule has 0 aliphatic heterocycles. The second-order valence-electron chi connectivity index (χ2n) is 5.07. The Balaban J connectivity index is 3.17. The second-order valence-corrected chi connectivity index (χ2v) is 5.07. The van der Waals surface area contributed by atoms with Gasteiger partial charge in [-0.3, -0.25) is 4.79 Å². The lowest BCUT2D eigenvalue weighted by atomic mass is 9.83. The topological polar surface area (TPSA) is 61.1 Å². The van der Waals surface area contributed by atoms with E-state index in [0.29, 0.717) is 12.0 Å². The number of hydrogen-bond acceptors (Lipinski definition) is 2. The Morgan fingerprint density at radius 1 is 1.35 bits per heavy atom. The van der Waals surface area contributed by atoms with Crippen LogP contribution in [0.15, 0.2) is 12.1 Å². The Bertz CT molecular complexity index is 496. The van der Waals surface area contributed by atoms with Gasteiger partial charge >= 0.3 is 5.97 Å². The molecule has 90 valence electrons. The molecule has 0 saturated carbocycles. The van der Waals surface area contributed by atoms with Gasteiger partial charge in [0.1, 0.15) is 0 Å². The highest BCUT2D eigenvalue weighted by molar-refractivity contribution is 5.74. The number of nitrogens with zero attached hydrogens (tertiary/aromatic N) is 1. The van der Waals surface area contributed by atoms with Crippen molar-refractivity contribution in [3.63, 3.8) is 0 Å². The van der Waals surface area contributed by atoms with Crippen molar-refractivity contribution in [2.75, 3.05) is 0 Å². The smallest absolute Gasteiger partial charge is 0.309 e. The molecule has 0 aliphatic rings. The summed E-state index contributed by atoms with van der Waals surface area (Å²) in [5, 5.41) is 18.1. The van der Waals surface area contributed by atoms with Crippen molar-refractivity contribution in [1.82, 2.24) is 0 Å². The highest BCUT2D eigenvalue weighted by Gasteiger charge is 2.28. The predicted molar refractivity (Wildman–Crippen MR) is 65.8 cm³/mol. The Kier molecular flexibility index (Phi) is 3.57. The lowest BCUT2D eigenvalue weighted by Gasteiger charge is -2.20. The SMILES string of the molecule is Cc1cc(C)c(CC(C)(C)C(=O)O)cc1C#N. The first-order valence-corrected chi connectivity index (χ1v) is 5.51. The van der Waals surface area contributed by atoms with Gasteiger partial charge in [-0.25, -0.2) is 0 Å². The number of carbonyl (C=O) groups is 1. The average Bonchev–Trinajstić information content (AvgIpc) is 2.21. The van der Waals surface area contributed by atoms with Crippen LogP contribution in [0.2, 0.25) is 0 Å². The summed E-state index contributed by atoms with van der Waals surface area (Å²) >= 11 is 0. The van der Waals surface area contributed by atoms with Gasteiger partial charge in [-0.2, -0.15) is 5.26 Å². The molecular formula is C14H17NO2. The minimum absolute atomic E-state index is 0.434. The van der Waals surface area contributed by atoms with Gasteiger partial charge in [-0.05, 0) is 56.9 Å². The van der Waals surface area contributed by atoms with E-state index in [1.54, 1.807) is 19.9 Å². The van der Waals surface area contributed by atoms with Crippen molar-refractivity contribution >= 4 is 5.97 Å². The minimum Gasteiger partial charge on any atom is -0.481 e. The van der Waals surface area contributed by atoms with E-state index >= 15 is 0 Å². The van der Waals surface area contributed by atoms with E-state index in [1.165, 1.54) is 0 Å². The van der Waals surface area contributed by atoms with Crippen LogP contribution in [0.5, 0.6) is 0 Å². The quantitative estimate of drug-likeness (QED) is 0.870. The zero-order valence-corrected chi connectivity index (χ0v) is 10.7. The molecule has 0 unspecified atom stereocenters. The number of aliphatic carboxylic acids is 1. The van der Waals surface area contributed by atoms with Crippen LogP contribution in [0.25, 0.3) is 0 Å². The average molecular weight is 231 g/mol. The molecule has 0 amide bonds. The molecule has 1 N–H and O–H groups in total. The van der Waals surface area contributed by atoms with Crippen molar-refractivity contribution in [2.45, 2.75) is 34.1 Å². The third-order valence-corrected chi connectivity index (χ3v) is 3.01. The molecule has 0 spiro atoms. The van der Waals surface area contributed by atoms with Gasteiger partial charge in [0.05, 0.1) is 17.0 Å². The molecule has 0 saturated heterocycles. The van der Waals surface area contributed by atoms with Gasteiger partial charge in [-0.1, -0.05) is 6.07 Å². The molecule has 1 aromatic rings. The van der Waals surface area contributed by atoms with Crippen molar-refractivity contribution < 1.29 is 9.90 Å². The number of hydrogen-bond donors (Lipinski definition) is 1. The maximum atomic E-state index is 11.1. The molecule has 0 fully saturated rings. The van der Waals surface area contributed by atoms with Crippen LogP contribution < -0.4 is 0 Å². The summed E-state index contributed by atoms with van der Waals surface area (Å²) in [4.78, 5) is 11.1.